The maximum atomic E-state index is 13.7. The van der Waals surface area contributed by atoms with E-state index in [1.807, 2.05) is 38.3 Å². The Morgan fingerprint density at radius 1 is 1.20 bits per heavy atom. The number of amides is 1. The highest BCUT2D eigenvalue weighted by Gasteiger charge is 2.26. The fourth-order valence-electron chi connectivity index (χ4n) is 5.60. The number of ether oxygens (including phenoxy) is 1. The lowest BCUT2D eigenvalue weighted by Gasteiger charge is -2.34. The van der Waals surface area contributed by atoms with Crippen LogP contribution >= 0.6 is 11.8 Å². The van der Waals surface area contributed by atoms with Crippen LogP contribution < -0.4 is 10.9 Å². The molecule has 2 N–H and O–H groups in total. The third kappa shape index (κ3) is 6.29. The number of H-pyrrole nitrogens is 1. The molecule has 3 aromatic heterocycles. The summed E-state index contributed by atoms with van der Waals surface area (Å²) in [7, 11) is 0. The maximum absolute atomic E-state index is 13.7. The zero-order valence-corrected chi connectivity index (χ0v) is 25.4. The highest BCUT2D eigenvalue weighted by molar-refractivity contribution is 8.05. The number of carbonyl (C=O) groups excluding carboxylic acids is 1. The van der Waals surface area contributed by atoms with E-state index in [1.54, 1.807) is 11.8 Å². The molecular weight excluding hydrogens is 520 g/mol. The number of rotatable bonds is 10. The first kappa shape index (κ1) is 29.9. The average molecular weight is 563 g/mol. The first-order valence-electron chi connectivity index (χ1n) is 14.1. The summed E-state index contributed by atoms with van der Waals surface area (Å²) in [5, 5.41) is 7.05. The molecule has 1 aliphatic rings. The smallest absolute Gasteiger partial charge is 0.253 e. The molecule has 0 aromatic carbocycles. The van der Waals surface area contributed by atoms with Crippen molar-refractivity contribution in [2.45, 2.75) is 60.5 Å². The van der Waals surface area contributed by atoms with E-state index in [1.165, 1.54) is 5.57 Å². The van der Waals surface area contributed by atoms with Crippen LogP contribution in [0.2, 0.25) is 0 Å². The summed E-state index contributed by atoms with van der Waals surface area (Å²) in [4.78, 5) is 31.5. The third-order valence-electron chi connectivity index (χ3n) is 8.11. The molecule has 0 bridgehead atoms. The quantitative estimate of drug-likeness (QED) is 0.310. The van der Waals surface area contributed by atoms with Crippen LogP contribution in [0.1, 0.15) is 77.2 Å². The number of hydrogen-bond donors (Lipinski definition) is 2. The fraction of sp³-hybridized carbons (Fsp3) is 0.438. The molecule has 4 rings (SSSR count). The molecule has 0 saturated carbocycles. The minimum absolute atomic E-state index is 0.0835. The molecule has 4 heterocycles. The molecule has 1 saturated heterocycles. The van der Waals surface area contributed by atoms with Gasteiger partial charge in [0, 0.05) is 59.9 Å². The van der Waals surface area contributed by atoms with Gasteiger partial charge in [0.25, 0.3) is 11.5 Å². The second-order valence-electron chi connectivity index (χ2n) is 10.7. The molecular formula is C32H42N4O3S. The van der Waals surface area contributed by atoms with Gasteiger partial charge in [-0.1, -0.05) is 20.4 Å². The highest BCUT2D eigenvalue weighted by Crippen LogP contribution is 2.34. The number of thioether (sulfide) groups is 1. The molecule has 1 amide bonds. The minimum atomic E-state index is -0.183. The van der Waals surface area contributed by atoms with E-state index in [0.29, 0.717) is 30.3 Å². The van der Waals surface area contributed by atoms with Crippen molar-refractivity contribution >= 4 is 28.8 Å². The number of nitrogens with one attached hydrogen (secondary N) is 2. The Kier molecular flexibility index (Phi) is 9.77. The molecule has 8 heteroatoms. The first-order chi connectivity index (χ1) is 19.2. The summed E-state index contributed by atoms with van der Waals surface area (Å²) in [6.45, 7) is 19.6. The number of nitrogens with zero attached hydrogens (tertiary/aromatic N) is 2. The van der Waals surface area contributed by atoms with Gasteiger partial charge in [0.15, 0.2) is 0 Å². The largest absolute Gasteiger partial charge is 0.379 e. The Morgan fingerprint density at radius 2 is 1.93 bits per heavy atom. The van der Waals surface area contributed by atoms with Crippen LogP contribution in [0, 0.1) is 26.7 Å². The lowest BCUT2D eigenvalue weighted by Crippen LogP contribution is -2.39. The molecule has 0 aliphatic carbocycles. The van der Waals surface area contributed by atoms with Crippen LogP contribution in [0.15, 0.2) is 46.6 Å². The Balaban J connectivity index is 1.80. The summed E-state index contributed by atoms with van der Waals surface area (Å²) < 4.78 is 7.87. The van der Waals surface area contributed by atoms with E-state index in [9.17, 15) is 9.59 Å². The predicted molar refractivity (Wildman–Crippen MR) is 166 cm³/mol. The van der Waals surface area contributed by atoms with E-state index in [0.717, 1.165) is 53.1 Å². The number of aromatic nitrogens is 2. The van der Waals surface area contributed by atoms with Gasteiger partial charge in [-0.05, 0) is 91.3 Å². The van der Waals surface area contributed by atoms with Crippen molar-refractivity contribution in [3.05, 3.63) is 91.3 Å². The van der Waals surface area contributed by atoms with Crippen LogP contribution in [-0.4, -0.2) is 46.5 Å². The van der Waals surface area contributed by atoms with Crippen molar-refractivity contribution in [2.75, 3.05) is 26.3 Å². The average Bonchev–Trinajstić information content (AvgIpc) is 3.35. The number of morpholine rings is 1. The third-order valence-corrected chi connectivity index (χ3v) is 8.69. The first-order valence-corrected chi connectivity index (χ1v) is 15.0. The maximum Gasteiger partial charge on any atom is 0.253 e. The number of fused-ring (bicyclic) bond motifs is 1. The standard InChI is InChI=1S/C32H42N4O3S/c1-8-20(3)29(19-40-9-2)25-15-26-16-27(31(37)33-17-28-21(4)14-22(5)34-32(28)38)23(6)30(36(26)18-25)24(7)35-10-12-39-13-11-35/h9,14-16,18-20,24H,2,8,10-13,17H2,1,3-7H3,(H,33,37)(H,34,38)/b29-19+. The van der Waals surface area contributed by atoms with Gasteiger partial charge in [-0.3, -0.25) is 14.5 Å². The molecule has 0 spiro atoms. The zero-order valence-electron chi connectivity index (χ0n) is 24.6. The summed E-state index contributed by atoms with van der Waals surface area (Å²) in [5.41, 5.74) is 8.14. The number of aryl methyl sites for hydroxylation is 2. The van der Waals surface area contributed by atoms with Crippen molar-refractivity contribution < 1.29 is 9.53 Å². The van der Waals surface area contributed by atoms with Crippen LogP contribution in [0.3, 0.4) is 0 Å². The second kappa shape index (κ2) is 13.1. The van der Waals surface area contributed by atoms with E-state index in [2.05, 4.69) is 64.6 Å². The summed E-state index contributed by atoms with van der Waals surface area (Å²) in [5.74, 6) is 0.196. The Bertz CT molecular complexity index is 1480. The lowest BCUT2D eigenvalue weighted by atomic mass is 9.95. The molecule has 1 aliphatic heterocycles. The molecule has 7 nitrogen and oxygen atoms in total. The van der Waals surface area contributed by atoms with Crippen LogP contribution in [0.5, 0.6) is 0 Å². The van der Waals surface area contributed by atoms with Crippen molar-refractivity contribution in [3.63, 3.8) is 0 Å². The number of carbonyl (C=O) groups is 1. The van der Waals surface area contributed by atoms with Gasteiger partial charge in [0.2, 0.25) is 0 Å². The van der Waals surface area contributed by atoms with Gasteiger partial charge in [0.05, 0.1) is 13.2 Å². The topological polar surface area (TPSA) is 78.8 Å². The van der Waals surface area contributed by atoms with E-state index in [4.69, 9.17) is 4.74 Å². The Hall–Kier alpha value is -3.07. The van der Waals surface area contributed by atoms with Crippen molar-refractivity contribution in [1.82, 2.24) is 19.6 Å². The number of allylic oxidation sites excluding steroid dienone is 1. The number of hydrogen-bond acceptors (Lipinski definition) is 5. The summed E-state index contributed by atoms with van der Waals surface area (Å²) >= 11 is 1.59. The van der Waals surface area contributed by atoms with Gasteiger partial charge in [-0.2, -0.15) is 0 Å². The van der Waals surface area contributed by atoms with Crippen LogP contribution in [-0.2, 0) is 11.3 Å². The molecule has 1 fully saturated rings. The molecule has 2 atom stereocenters. The van der Waals surface area contributed by atoms with Gasteiger partial charge >= 0.3 is 0 Å². The van der Waals surface area contributed by atoms with Gasteiger partial charge in [0.1, 0.15) is 0 Å². The number of aromatic amines is 1. The zero-order chi connectivity index (χ0) is 29.0. The monoisotopic (exact) mass is 562 g/mol. The van der Waals surface area contributed by atoms with E-state index in [-0.39, 0.29) is 24.1 Å². The Morgan fingerprint density at radius 3 is 2.58 bits per heavy atom. The number of pyridine rings is 2. The SMILES string of the molecule is C=CS/C=C(/c1cc2cc(C(=O)NCc3c(C)cc(C)[nH]c3=O)c(C)c(C(C)N3CCOCC3)n2c1)C(C)CC. The second-order valence-corrected chi connectivity index (χ2v) is 11.6. The fourth-order valence-corrected chi connectivity index (χ4v) is 6.21. The normalized spacial score (nSPS) is 16.2. The molecule has 2 unspecified atom stereocenters. The van der Waals surface area contributed by atoms with Gasteiger partial charge < -0.3 is 19.4 Å². The van der Waals surface area contributed by atoms with Crippen LogP contribution in [0.4, 0.5) is 0 Å². The van der Waals surface area contributed by atoms with Crippen molar-refractivity contribution in [3.8, 4) is 0 Å². The molecule has 3 aromatic rings. The molecule has 214 valence electrons. The summed E-state index contributed by atoms with van der Waals surface area (Å²) in [6, 6.07) is 6.17. The molecule has 0 radical (unpaired) electrons. The van der Waals surface area contributed by atoms with Gasteiger partial charge in [-0.15, -0.1) is 11.8 Å². The summed E-state index contributed by atoms with van der Waals surface area (Å²) in [6.07, 6.45) is 3.24. The highest BCUT2D eigenvalue weighted by atomic mass is 32.2. The van der Waals surface area contributed by atoms with E-state index < -0.39 is 0 Å². The van der Waals surface area contributed by atoms with Crippen molar-refractivity contribution in [2.24, 2.45) is 5.92 Å². The van der Waals surface area contributed by atoms with Crippen molar-refractivity contribution in [1.29, 1.82) is 0 Å². The lowest BCUT2D eigenvalue weighted by molar-refractivity contribution is 0.0187. The Labute approximate surface area is 241 Å². The van der Waals surface area contributed by atoms with E-state index >= 15 is 0 Å². The van der Waals surface area contributed by atoms with Crippen LogP contribution in [0.25, 0.3) is 11.1 Å². The minimum Gasteiger partial charge on any atom is -0.379 e. The van der Waals surface area contributed by atoms with Gasteiger partial charge in [-0.25, -0.2) is 0 Å². The predicted octanol–water partition coefficient (Wildman–Crippen LogP) is 6.14. The molecule has 40 heavy (non-hydrogen) atoms.